The van der Waals surface area contributed by atoms with Crippen molar-refractivity contribution in [2.75, 3.05) is 19.6 Å². The smallest absolute Gasteiger partial charge is 0.416 e. The lowest BCUT2D eigenvalue weighted by molar-refractivity contribution is -0.141. The van der Waals surface area contributed by atoms with E-state index in [4.69, 9.17) is 0 Å². The summed E-state index contributed by atoms with van der Waals surface area (Å²) in [5.74, 6) is -1.49. The maximum atomic E-state index is 13.4. The molecule has 1 N–H and O–H groups in total. The van der Waals surface area contributed by atoms with Crippen LogP contribution in [-0.4, -0.2) is 63.4 Å². The molecule has 2 fully saturated rings. The van der Waals surface area contributed by atoms with Crippen molar-refractivity contribution in [2.45, 2.75) is 43.8 Å². The van der Waals surface area contributed by atoms with Crippen LogP contribution in [0.3, 0.4) is 0 Å². The number of amides is 2. The van der Waals surface area contributed by atoms with Crippen LogP contribution in [0.5, 0.6) is 0 Å². The van der Waals surface area contributed by atoms with Crippen LogP contribution in [0.25, 0.3) is 11.1 Å². The Morgan fingerprint density at radius 3 is 2.28 bits per heavy atom. The number of aliphatic carboxylic acids is 1. The van der Waals surface area contributed by atoms with Crippen molar-refractivity contribution in [3.8, 4) is 11.1 Å². The molecule has 1 aromatic heterocycles. The molecule has 204 valence electrons. The first-order valence-corrected chi connectivity index (χ1v) is 13.6. The lowest BCUT2D eigenvalue weighted by atomic mass is 9.94. The second kappa shape index (κ2) is 10.8. The van der Waals surface area contributed by atoms with Gasteiger partial charge in [-0.1, -0.05) is 30.3 Å². The van der Waals surface area contributed by atoms with Gasteiger partial charge in [0.15, 0.2) is 0 Å². The molecule has 3 aromatic rings. The molecule has 2 aliphatic heterocycles. The van der Waals surface area contributed by atoms with Crippen LogP contribution in [-0.2, 0) is 11.0 Å². The van der Waals surface area contributed by atoms with Gasteiger partial charge in [-0.25, -0.2) is 9.78 Å². The first-order chi connectivity index (χ1) is 18.6. The SMILES string of the molecule is O=C(O)C1CCCN1C(=O)c1csc(C2CCN(C(=O)c3ccccc3-c3ccc(C(F)(F)F)cc3)CC2)n1. The van der Waals surface area contributed by atoms with Gasteiger partial charge in [-0.2, -0.15) is 13.2 Å². The molecule has 0 aliphatic carbocycles. The predicted octanol–water partition coefficient (Wildman–Crippen LogP) is 5.54. The maximum Gasteiger partial charge on any atom is 0.416 e. The molecule has 39 heavy (non-hydrogen) atoms. The first-order valence-electron chi connectivity index (χ1n) is 12.7. The third-order valence-corrected chi connectivity index (χ3v) is 8.36. The number of carbonyl (C=O) groups is 3. The van der Waals surface area contributed by atoms with Gasteiger partial charge in [0.1, 0.15) is 11.7 Å². The lowest BCUT2D eigenvalue weighted by Gasteiger charge is -2.31. The van der Waals surface area contributed by atoms with Crippen molar-refractivity contribution in [1.29, 1.82) is 0 Å². The van der Waals surface area contributed by atoms with Crippen LogP contribution in [0.4, 0.5) is 13.2 Å². The van der Waals surface area contributed by atoms with E-state index in [2.05, 4.69) is 4.98 Å². The molecule has 3 heterocycles. The number of piperidine rings is 1. The van der Waals surface area contributed by atoms with E-state index >= 15 is 0 Å². The fourth-order valence-corrected chi connectivity index (χ4v) is 6.21. The van der Waals surface area contributed by atoms with Crippen molar-refractivity contribution in [3.05, 3.63) is 75.7 Å². The molecule has 2 aromatic carbocycles. The minimum Gasteiger partial charge on any atom is -0.480 e. The van der Waals surface area contributed by atoms with Gasteiger partial charge in [0.2, 0.25) is 0 Å². The zero-order chi connectivity index (χ0) is 27.7. The summed E-state index contributed by atoms with van der Waals surface area (Å²) in [6.07, 6.45) is -2.05. The maximum absolute atomic E-state index is 13.4. The molecule has 0 bridgehead atoms. The molecule has 1 atom stereocenters. The van der Waals surface area contributed by atoms with Gasteiger partial charge in [0, 0.05) is 36.5 Å². The number of thiazole rings is 1. The second-order valence-electron chi connectivity index (χ2n) is 9.75. The van der Waals surface area contributed by atoms with Crippen molar-refractivity contribution in [1.82, 2.24) is 14.8 Å². The number of likely N-dealkylation sites (tertiary alicyclic amines) is 2. The molecule has 2 amide bonds. The van der Waals surface area contributed by atoms with E-state index in [0.717, 1.165) is 17.1 Å². The van der Waals surface area contributed by atoms with E-state index in [0.29, 0.717) is 62.0 Å². The summed E-state index contributed by atoms with van der Waals surface area (Å²) in [6, 6.07) is 10.9. The number of hydrogen-bond donors (Lipinski definition) is 1. The average molecular weight is 558 g/mol. The molecule has 0 radical (unpaired) electrons. The Hall–Kier alpha value is -3.73. The van der Waals surface area contributed by atoms with Crippen molar-refractivity contribution in [3.63, 3.8) is 0 Å². The van der Waals surface area contributed by atoms with Crippen LogP contribution >= 0.6 is 11.3 Å². The number of rotatable bonds is 5. The van der Waals surface area contributed by atoms with Gasteiger partial charge >= 0.3 is 12.1 Å². The predicted molar refractivity (Wildman–Crippen MR) is 139 cm³/mol. The first kappa shape index (κ1) is 26.9. The van der Waals surface area contributed by atoms with E-state index in [9.17, 15) is 32.7 Å². The topological polar surface area (TPSA) is 90.8 Å². The van der Waals surface area contributed by atoms with Crippen LogP contribution in [0.15, 0.2) is 53.9 Å². The summed E-state index contributed by atoms with van der Waals surface area (Å²) >= 11 is 1.37. The Kier molecular flexibility index (Phi) is 7.44. The molecule has 5 rings (SSSR count). The van der Waals surface area contributed by atoms with E-state index < -0.39 is 23.8 Å². The standard InChI is InChI=1S/C28H26F3N3O4S/c29-28(30,31)19-9-7-17(8-10-19)20-4-1-2-5-21(20)25(35)33-14-11-18(12-15-33)24-32-22(16-39-24)26(36)34-13-3-6-23(34)27(37)38/h1-2,4-5,7-10,16,18,23H,3,6,11-15H2,(H,37,38). The fourth-order valence-electron chi connectivity index (χ4n) is 5.25. The third-order valence-electron chi connectivity index (χ3n) is 7.35. The molecule has 0 saturated carbocycles. The summed E-state index contributed by atoms with van der Waals surface area (Å²) in [5, 5.41) is 11.8. The number of alkyl halides is 3. The van der Waals surface area contributed by atoms with E-state index in [1.54, 1.807) is 34.5 Å². The Morgan fingerprint density at radius 2 is 1.62 bits per heavy atom. The van der Waals surface area contributed by atoms with Crippen LogP contribution in [0, 0.1) is 0 Å². The second-order valence-corrected chi connectivity index (χ2v) is 10.6. The van der Waals surface area contributed by atoms with Crippen LogP contribution < -0.4 is 0 Å². The van der Waals surface area contributed by atoms with E-state index in [1.807, 2.05) is 0 Å². The summed E-state index contributed by atoms with van der Waals surface area (Å²) in [7, 11) is 0. The summed E-state index contributed by atoms with van der Waals surface area (Å²) in [6.45, 7) is 1.35. The van der Waals surface area contributed by atoms with Gasteiger partial charge in [-0.3, -0.25) is 9.59 Å². The van der Waals surface area contributed by atoms with Gasteiger partial charge in [0.05, 0.1) is 10.6 Å². The highest BCUT2D eigenvalue weighted by Crippen LogP contribution is 2.34. The largest absolute Gasteiger partial charge is 0.480 e. The lowest BCUT2D eigenvalue weighted by Crippen LogP contribution is -2.40. The van der Waals surface area contributed by atoms with Crippen LogP contribution in [0.1, 0.15) is 63.0 Å². The van der Waals surface area contributed by atoms with Gasteiger partial charge < -0.3 is 14.9 Å². The Morgan fingerprint density at radius 1 is 0.923 bits per heavy atom. The Balaban J connectivity index is 1.25. The van der Waals surface area contributed by atoms with E-state index in [1.165, 1.54) is 28.4 Å². The zero-order valence-electron chi connectivity index (χ0n) is 20.9. The molecule has 0 spiro atoms. The van der Waals surface area contributed by atoms with Gasteiger partial charge in [-0.05, 0) is 55.0 Å². The van der Waals surface area contributed by atoms with Crippen molar-refractivity contribution < 1.29 is 32.7 Å². The number of hydrogen-bond acceptors (Lipinski definition) is 5. The number of carboxylic acids is 1. The molecule has 1 unspecified atom stereocenters. The number of halogens is 3. The van der Waals surface area contributed by atoms with Crippen molar-refractivity contribution in [2.24, 2.45) is 0 Å². The third kappa shape index (κ3) is 5.54. The number of carboxylic acid groups (broad SMARTS) is 1. The summed E-state index contributed by atoms with van der Waals surface area (Å²) < 4.78 is 38.9. The van der Waals surface area contributed by atoms with Crippen LogP contribution in [0.2, 0.25) is 0 Å². The molecule has 2 saturated heterocycles. The minimum absolute atomic E-state index is 0.0691. The van der Waals surface area contributed by atoms with Crippen molar-refractivity contribution >= 4 is 29.1 Å². The molecule has 7 nitrogen and oxygen atoms in total. The zero-order valence-corrected chi connectivity index (χ0v) is 21.7. The molecule has 2 aliphatic rings. The van der Waals surface area contributed by atoms with Gasteiger partial charge in [-0.15, -0.1) is 11.3 Å². The normalized spacial score (nSPS) is 18.4. The number of benzene rings is 2. The summed E-state index contributed by atoms with van der Waals surface area (Å²) in [4.78, 5) is 45.4. The van der Waals surface area contributed by atoms with E-state index in [-0.39, 0.29) is 23.4 Å². The molecule has 11 heteroatoms. The number of carbonyl (C=O) groups excluding carboxylic acids is 2. The summed E-state index contributed by atoms with van der Waals surface area (Å²) in [5.41, 5.74) is 1.04. The Bertz CT molecular complexity index is 1380. The molecular weight excluding hydrogens is 531 g/mol. The fraction of sp³-hybridized carbons (Fsp3) is 0.357. The average Bonchev–Trinajstić information content (AvgIpc) is 3.63. The van der Waals surface area contributed by atoms with Gasteiger partial charge in [0.25, 0.3) is 11.8 Å². The monoisotopic (exact) mass is 557 g/mol. The number of nitrogens with zero attached hydrogens (tertiary/aromatic N) is 3. The minimum atomic E-state index is -4.43. The highest BCUT2D eigenvalue weighted by Gasteiger charge is 2.36. The Labute approximate surface area is 226 Å². The quantitative estimate of drug-likeness (QED) is 0.445. The highest BCUT2D eigenvalue weighted by molar-refractivity contribution is 7.09. The molecular formula is C28H26F3N3O4S. The number of aromatic nitrogens is 1. The highest BCUT2D eigenvalue weighted by atomic mass is 32.1.